The van der Waals surface area contributed by atoms with E-state index in [-0.39, 0.29) is 5.91 Å². The predicted molar refractivity (Wildman–Crippen MR) is 106 cm³/mol. The van der Waals surface area contributed by atoms with Gasteiger partial charge in [0.05, 0.1) is 19.4 Å². The third-order valence-corrected chi connectivity index (χ3v) is 3.90. The van der Waals surface area contributed by atoms with Crippen LogP contribution in [0.4, 0.5) is 5.69 Å². The van der Waals surface area contributed by atoms with Gasteiger partial charge in [0.25, 0.3) is 0 Å². The maximum atomic E-state index is 12.3. The molecule has 2 aromatic carbocycles. The summed E-state index contributed by atoms with van der Waals surface area (Å²) in [5, 5.41) is 14.3. The maximum Gasteiger partial charge on any atom is 0.248 e. The summed E-state index contributed by atoms with van der Waals surface area (Å²) in [4.78, 5) is 12.3. The van der Waals surface area contributed by atoms with Crippen LogP contribution < -0.4 is 14.8 Å². The van der Waals surface area contributed by atoms with Crippen LogP contribution in [0.3, 0.4) is 0 Å². The Morgan fingerprint density at radius 2 is 2.07 bits per heavy atom. The number of benzene rings is 2. The monoisotopic (exact) mass is 379 g/mol. The number of ether oxygens (including phenoxy) is 2. The van der Waals surface area contributed by atoms with Crippen molar-refractivity contribution in [3.05, 3.63) is 59.9 Å². The second-order valence-electron chi connectivity index (χ2n) is 5.85. The molecule has 28 heavy (non-hydrogen) atoms. The van der Waals surface area contributed by atoms with Crippen LogP contribution in [0.2, 0.25) is 0 Å². The van der Waals surface area contributed by atoms with E-state index < -0.39 is 0 Å². The van der Waals surface area contributed by atoms with Gasteiger partial charge in [0, 0.05) is 11.8 Å². The Hall–Kier alpha value is -3.68. The molecule has 0 aliphatic heterocycles. The smallest absolute Gasteiger partial charge is 0.248 e. The molecule has 0 unspecified atom stereocenters. The summed E-state index contributed by atoms with van der Waals surface area (Å²) in [5.41, 5.74) is 2.24. The maximum absolute atomic E-state index is 12.3. The minimum absolute atomic E-state index is 0.251. The summed E-state index contributed by atoms with van der Waals surface area (Å²) in [6.45, 7) is 4.24. The van der Waals surface area contributed by atoms with Crippen molar-refractivity contribution >= 4 is 17.7 Å². The first kappa shape index (κ1) is 19.1. The van der Waals surface area contributed by atoms with Crippen LogP contribution in [-0.4, -0.2) is 39.8 Å². The number of nitrogens with zero attached hydrogens (tertiary/aromatic N) is 4. The van der Waals surface area contributed by atoms with E-state index in [0.717, 1.165) is 11.3 Å². The number of hydrogen-bond acceptors (Lipinski definition) is 6. The van der Waals surface area contributed by atoms with Crippen molar-refractivity contribution in [2.24, 2.45) is 0 Å². The van der Waals surface area contributed by atoms with Gasteiger partial charge in [0.15, 0.2) is 17.3 Å². The Kier molecular flexibility index (Phi) is 6.01. The number of carbonyl (C=O) groups is 1. The zero-order valence-corrected chi connectivity index (χ0v) is 15.9. The molecule has 8 nitrogen and oxygen atoms in total. The molecule has 0 atom stereocenters. The minimum atomic E-state index is -0.251. The molecule has 0 saturated heterocycles. The fourth-order valence-corrected chi connectivity index (χ4v) is 2.61. The van der Waals surface area contributed by atoms with Gasteiger partial charge in [-0.1, -0.05) is 12.1 Å². The lowest BCUT2D eigenvalue weighted by Crippen LogP contribution is -2.08. The fraction of sp³-hybridized carbons (Fsp3) is 0.200. The molecule has 3 rings (SSSR count). The average Bonchev–Trinajstić information content (AvgIpc) is 3.13. The molecule has 8 heteroatoms. The molecule has 0 saturated carbocycles. The molecule has 0 radical (unpaired) electrons. The highest BCUT2D eigenvalue weighted by atomic mass is 16.5. The standard InChI is InChI=1S/C20H21N5O3/c1-4-28-19-12-15(8-10-18(19)27-3)9-11-20(26)21-16-6-5-7-17(13-16)25-14(2)22-23-24-25/h5-13H,4H2,1-3H3,(H,21,26)/b11-9+. The van der Waals surface area contributed by atoms with E-state index in [9.17, 15) is 4.79 Å². The second kappa shape index (κ2) is 8.81. The number of aryl methyl sites for hydroxylation is 1. The Labute approximate surface area is 162 Å². The minimum Gasteiger partial charge on any atom is -0.493 e. The summed E-state index contributed by atoms with van der Waals surface area (Å²) < 4.78 is 12.4. The van der Waals surface area contributed by atoms with E-state index in [1.165, 1.54) is 6.08 Å². The van der Waals surface area contributed by atoms with E-state index in [2.05, 4.69) is 20.8 Å². The van der Waals surface area contributed by atoms with Crippen LogP contribution in [0.25, 0.3) is 11.8 Å². The third kappa shape index (κ3) is 4.53. The molecule has 1 N–H and O–H groups in total. The van der Waals surface area contributed by atoms with Crippen molar-refractivity contribution < 1.29 is 14.3 Å². The quantitative estimate of drug-likeness (QED) is 0.635. The highest BCUT2D eigenvalue weighted by molar-refractivity contribution is 6.02. The molecule has 1 amide bonds. The van der Waals surface area contributed by atoms with E-state index in [0.29, 0.717) is 29.6 Å². The largest absolute Gasteiger partial charge is 0.493 e. The molecule has 0 fully saturated rings. The zero-order chi connectivity index (χ0) is 19.9. The van der Waals surface area contributed by atoms with Gasteiger partial charge in [0.2, 0.25) is 5.91 Å². The third-order valence-electron chi connectivity index (χ3n) is 3.90. The van der Waals surface area contributed by atoms with Gasteiger partial charge in [-0.2, -0.15) is 4.68 Å². The van der Waals surface area contributed by atoms with Gasteiger partial charge in [-0.3, -0.25) is 4.79 Å². The van der Waals surface area contributed by atoms with E-state index >= 15 is 0 Å². The molecule has 0 aliphatic rings. The Morgan fingerprint density at radius 1 is 1.21 bits per heavy atom. The number of rotatable bonds is 7. The summed E-state index contributed by atoms with van der Waals surface area (Å²) in [6.07, 6.45) is 3.18. The summed E-state index contributed by atoms with van der Waals surface area (Å²) >= 11 is 0. The van der Waals surface area contributed by atoms with Crippen LogP contribution >= 0.6 is 0 Å². The molecule has 1 aromatic heterocycles. The number of anilines is 1. The lowest BCUT2D eigenvalue weighted by atomic mass is 10.2. The highest BCUT2D eigenvalue weighted by Gasteiger charge is 2.06. The number of tetrazole rings is 1. The van der Waals surface area contributed by atoms with Gasteiger partial charge in [-0.05, 0) is 66.2 Å². The van der Waals surface area contributed by atoms with Crippen LogP contribution in [-0.2, 0) is 4.79 Å². The SMILES string of the molecule is CCOc1cc(/C=C/C(=O)Nc2cccc(-n3nnnc3C)c2)ccc1OC. The molecule has 3 aromatic rings. The van der Waals surface area contributed by atoms with Crippen molar-refractivity contribution in [1.82, 2.24) is 20.2 Å². The van der Waals surface area contributed by atoms with Crippen molar-refractivity contribution in [3.8, 4) is 17.2 Å². The molecule has 1 heterocycles. The topological polar surface area (TPSA) is 91.2 Å². The first-order valence-electron chi connectivity index (χ1n) is 8.76. The number of amides is 1. The zero-order valence-electron chi connectivity index (χ0n) is 15.9. The first-order valence-corrected chi connectivity index (χ1v) is 8.76. The number of hydrogen-bond donors (Lipinski definition) is 1. The number of methoxy groups -OCH3 is 1. The lowest BCUT2D eigenvalue weighted by molar-refractivity contribution is -0.111. The summed E-state index contributed by atoms with van der Waals surface area (Å²) in [5.74, 6) is 1.70. The van der Waals surface area contributed by atoms with Crippen LogP contribution in [0, 0.1) is 6.92 Å². The Morgan fingerprint density at radius 3 is 2.79 bits per heavy atom. The fourth-order valence-electron chi connectivity index (χ4n) is 2.61. The lowest BCUT2D eigenvalue weighted by Gasteiger charge is -2.09. The molecular formula is C20H21N5O3. The van der Waals surface area contributed by atoms with Crippen LogP contribution in [0.1, 0.15) is 18.3 Å². The number of carbonyl (C=O) groups excluding carboxylic acids is 1. The second-order valence-corrected chi connectivity index (χ2v) is 5.85. The molecular weight excluding hydrogens is 358 g/mol. The van der Waals surface area contributed by atoms with Gasteiger partial charge >= 0.3 is 0 Å². The van der Waals surface area contributed by atoms with E-state index in [4.69, 9.17) is 9.47 Å². The predicted octanol–water partition coefficient (Wildman–Crippen LogP) is 3.03. The van der Waals surface area contributed by atoms with Crippen LogP contribution in [0.5, 0.6) is 11.5 Å². The normalized spacial score (nSPS) is 10.8. The summed E-state index contributed by atoms with van der Waals surface area (Å²) in [7, 11) is 1.59. The van der Waals surface area contributed by atoms with Gasteiger partial charge in [-0.15, -0.1) is 5.10 Å². The van der Waals surface area contributed by atoms with Crippen molar-refractivity contribution in [2.75, 3.05) is 19.0 Å². The average molecular weight is 379 g/mol. The molecule has 144 valence electrons. The summed E-state index contributed by atoms with van der Waals surface area (Å²) in [6, 6.07) is 12.8. The number of aromatic nitrogens is 4. The highest BCUT2D eigenvalue weighted by Crippen LogP contribution is 2.28. The Balaban J connectivity index is 1.71. The first-order chi connectivity index (χ1) is 13.6. The van der Waals surface area contributed by atoms with Gasteiger partial charge < -0.3 is 14.8 Å². The van der Waals surface area contributed by atoms with Crippen molar-refractivity contribution in [1.29, 1.82) is 0 Å². The van der Waals surface area contributed by atoms with Gasteiger partial charge in [-0.25, -0.2) is 0 Å². The number of nitrogens with one attached hydrogen (secondary N) is 1. The molecule has 0 bridgehead atoms. The van der Waals surface area contributed by atoms with Gasteiger partial charge in [0.1, 0.15) is 0 Å². The van der Waals surface area contributed by atoms with E-state index in [1.54, 1.807) is 43.0 Å². The van der Waals surface area contributed by atoms with Crippen molar-refractivity contribution in [2.45, 2.75) is 13.8 Å². The Bertz CT molecular complexity index is 997. The molecule has 0 spiro atoms. The van der Waals surface area contributed by atoms with E-state index in [1.807, 2.05) is 31.2 Å². The van der Waals surface area contributed by atoms with Crippen molar-refractivity contribution in [3.63, 3.8) is 0 Å². The van der Waals surface area contributed by atoms with Crippen LogP contribution in [0.15, 0.2) is 48.5 Å². The molecule has 0 aliphatic carbocycles.